The van der Waals surface area contributed by atoms with Crippen molar-refractivity contribution in [3.63, 3.8) is 0 Å². The zero-order chi connectivity index (χ0) is 10.1. The summed E-state index contributed by atoms with van der Waals surface area (Å²) in [7, 11) is 0. The van der Waals surface area contributed by atoms with Crippen molar-refractivity contribution in [2.75, 3.05) is 13.1 Å². The van der Waals surface area contributed by atoms with Gasteiger partial charge in [-0.3, -0.25) is 0 Å². The molecule has 1 saturated heterocycles. The molecule has 3 heteroatoms. The van der Waals surface area contributed by atoms with Gasteiger partial charge in [-0.1, -0.05) is 12.1 Å². The van der Waals surface area contributed by atoms with E-state index in [2.05, 4.69) is 33.1 Å². The zero-order valence-corrected chi connectivity index (χ0v) is 8.69. The molecule has 1 aliphatic rings. The first-order valence-electron chi connectivity index (χ1n) is 5.57. The Kier molecular flexibility index (Phi) is 2.18. The molecule has 3 rings (SSSR count). The van der Waals surface area contributed by atoms with Gasteiger partial charge in [-0.2, -0.15) is 0 Å². The maximum absolute atomic E-state index is 4.43. The minimum Gasteiger partial charge on any atom is -0.326 e. The van der Waals surface area contributed by atoms with E-state index in [4.69, 9.17) is 0 Å². The van der Waals surface area contributed by atoms with Crippen LogP contribution in [-0.2, 0) is 0 Å². The Bertz CT molecular complexity index is 455. The summed E-state index contributed by atoms with van der Waals surface area (Å²) >= 11 is 0. The predicted molar refractivity (Wildman–Crippen MR) is 60.9 cm³/mol. The van der Waals surface area contributed by atoms with Crippen molar-refractivity contribution in [1.29, 1.82) is 0 Å². The third kappa shape index (κ3) is 1.53. The number of nitrogens with zero attached hydrogens (tertiary/aromatic N) is 2. The molecule has 0 unspecified atom stereocenters. The first kappa shape index (κ1) is 8.92. The molecule has 0 radical (unpaired) electrons. The molecule has 0 saturated carbocycles. The molecule has 1 aliphatic heterocycles. The smallest absolute Gasteiger partial charge is 0.0961 e. The summed E-state index contributed by atoms with van der Waals surface area (Å²) in [5.74, 6) is 0. The lowest BCUT2D eigenvalue weighted by Gasteiger charge is -2.24. The standard InChI is InChI=1S/C12H15N3/c1-2-6-12-11(5-1)14-9-15(12)10-4-3-7-13-8-10/h1-2,5-6,9-10,13H,3-4,7-8H2/t10-/m1/s1. The fourth-order valence-electron chi connectivity index (χ4n) is 2.34. The van der Waals surface area contributed by atoms with Crippen LogP contribution in [0.2, 0.25) is 0 Å². The van der Waals surface area contributed by atoms with Gasteiger partial charge in [0.05, 0.1) is 17.4 Å². The third-order valence-electron chi connectivity index (χ3n) is 3.15. The fraction of sp³-hybridized carbons (Fsp3) is 0.417. The first-order valence-corrected chi connectivity index (χ1v) is 5.57. The van der Waals surface area contributed by atoms with E-state index in [9.17, 15) is 0 Å². The Labute approximate surface area is 89.1 Å². The van der Waals surface area contributed by atoms with Gasteiger partial charge in [-0.25, -0.2) is 4.98 Å². The normalized spacial score (nSPS) is 22.0. The number of nitrogens with one attached hydrogen (secondary N) is 1. The van der Waals surface area contributed by atoms with E-state index in [1.807, 2.05) is 12.4 Å². The largest absolute Gasteiger partial charge is 0.326 e. The second-order valence-electron chi connectivity index (χ2n) is 4.14. The van der Waals surface area contributed by atoms with Gasteiger partial charge in [0, 0.05) is 12.6 Å². The fourth-order valence-corrected chi connectivity index (χ4v) is 2.34. The monoisotopic (exact) mass is 201 g/mol. The molecule has 0 amide bonds. The van der Waals surface area contributed by atoms with Crippen molar-refractivity contribution >= 4 is 11.0 Å². The summed E-state index contributed by atoms with van der Waals surface area (Å²) in [5.41, 5.74) is 2.36. The highest BCUT2D eigenvalue weighted by atomic mass is 15.1. The molecule has 78 valence electrons. The van der Waals surface area contributed by atoms with Crippen LogP contribution in [0.5, 0.6) is 0 Å². The Balaban J connectivity index is 2.02. The maximum Gasteiger partial charge on any atom is 0.0961 e. The zero-order valence-electron chi connectivity index (χ0n) is 8.69. The van der Waals surface area contributed by atoms with Crippen molar-refractivity contribution in [2.24, 2.45) is 0 Å². The molecule has 3 nitrogen and oxygen atoms in total. The summed E-state index contributed by atoms with van der Waals surface area (Å²) in [4.78, 5) is 4.43. The van der Waals surface area contributed by atoms with Crippen LogP contribution >= 0.6 is 0 Å². The summed E-state index contributed by atoms with van der Waals surface area (Å²) < 4.78 is 2.31. The average molecular weight is 201 g/mol. The number of rotatable bonds is 1. The summed E-state index contributed by atoms with van der Waals surface area (Å²) in [6.07, 6.45) is 4.49. The predicted octanol–water partition coefficient (Wildman–Crippen LogP) is 1.96. The quantitative estimate of drug-likeness (QED) is 0.764. The number of para-hydroxylation sites is 2. The van der Waals surface area contributed by atoms with Crippen LogP contribution < -0.4 is 5.32 Å². The number of piperidine rings is 1. The van der Waals surface area contributed by atoms with Gasteiger partial charge in [0.1, 0.15) is 0 Å². The number of benzene rings is 1. The first-order chi connectivity index (χ1) is 7.45. The van der Waals surface area contributed by atoms with E-state index in [-0.39, 0.29) is 0 Å². The molecule has 1 atom stereocenters. The van der Waals surface area contributed by atoms with Crippen LogP contribution in [0.4, 0.5) is 0 Å². The van der Waals surface area contributed by atoms with Gasteiger partial charge in [0.2, 0.25) is 0 Å². The van der Waals surface area contributed by atoms with Gasteiger partial charge in [-0.15, -0.1) is 0 Å². The molecule has 0 spiro atoms. The number of imidazole rings is 1. The summed E-state index contributed by atoms with van der Waals surface area (Å²) in [5, 5.41) is 3.44. The minimum atomic E-state index is 0.575. The molecular formula is C12H15N3. The lowest BCUT2D eigenvalue weighted by atomic mass is 10.1. The Morgan fingerprint density at radius 2 is 2.27 bits per heavy atom. The van der Waals surface area contributed by atoms with Crippen molar-refractivity contribution in [3.05, 3.63) is 30.6 Å². The van der Waals surface area contributed by atoms with Crippen LogP contribution in [0.25, 0.3) is 11.0 Å². The number of aromatic nitrogens is 2. The van der Waals surface area contributed by atoms with E-state index in [0.717, 1.165) is 18.6 Å². The van der Waals surface area contributed by atoms with Crippen molar-refractivity contribution in [2.45, 2.75) is 18.9 Å². The van der Waals surface area contributed by atoms with E-state index in [1.54, 1.807) is 0 Å². The molecule has 1 aromatic heterocycles. The highest BCUT2D eigenvalue weighted by molar-refractivity contribution is 5.75. The van der Waals surface area contributed by atoms with E-state index >= 15 is 0 Å². The van der Waals surface area contributed by atoms with Gasteiger partial charge in [-0.05, 0) is 31.5 Å². The third-order valence-corrected chi connectivity index (χ3v) is 3.15. The Morgan fingerprint density at radius 3 is 3.13 bits per heavy atom. The van der Waals surface area contributed by atoms with Gasteiger partial charge in [0.25, 0.3) is 0 Å². The van der Waals surface area contributed by atoms with Crippen LogP contribution in [0.3, 0.4) is 0 Å². The van der Waals surface area contributed by atoms with Crippen LogP contribution in [0.1, 0.15) is 18.9 Å². The molecule has 0 aliphatic carbocycles. The van der Waals surface area contributed by atoms with E-state index < -0.39 is 0 Å². The average Bonchev–Trinajstić information content (AvgIpc) is 2.74. The highest BCUT2D eigenvalue weighted by Gasteiger charge is 2.16. The molecule has 2 aromatic rings. The Hall–Kier alpha value is -1.35. The second-order valence-corrected chi connectivity index (χ2v) is 4.14. The van der Waals surface area contributed by atoms with Crippen LogP contribution in [-0.4, -0.2) is 22.6 Å². The molecule has 2 heterocycles. The van der Waals surface area contributed by atoms with Crippen molar-refractivity contribution in [3.8, 4) is 0 Å². The molecule has 1 aromatic carbocycles. The Morgan fingerprint density at radius 1 is 1.33 bits per heavy atom. The SMILES string of the molecule is c1ccc2c(c1)ncn2[C@@H]1CCCNC1. The highest BCUT2D eigenvalue weighted by Crippen LogP contribution is 2.22. The minimum absolute atomic E-state index is 0.575. The molecule has 0 bridgehead atoms. The molecule has 15 heavy (non-hydrogen) atoms. The lowest BCUT2D eigenvalue weighted by molar-refractivity contribution is 0.378. The molecule has 1 fully saturated rings. The molecular weight excluding hydrogens is 186 g/mol. The van der Waals surface area contributed by atoms with Crippen LogP contribution in [0, 0.1) is 0 Å². The van der Waals surface area contributed by atoms with E-state index in [0.29, 0.717) is 6.04 Å². The topological polar surface area (TPSA) is 29.9 Å². The number of hydrogen-bond donors (Lipinski definition) is 1. The lowest BCUT2D eigenvalue weighted by Crippen LogP contribution is -2.31. The van der Waals surface area contributed by atoms with Gasteiger partial charge >= 0.3 is 0 Å². The van der Waals surface area contributed by atoms with Gasteiger partial charge in [0.15, 0.2) is 0 Å². The van der Waals surface area contributed by atoms with Gasteiger partial charge < -0.3 is 9.88 Å². The van der Waals surface area contributed by atoms with Crippen LogP contribution in [0.15, 0.2) is 30.6 Å². The van der Waals surface area contributed by atoms with Crippen molar-refractivity contribution in [1.82, 2.24) is 14.9 Å². The van der Waals surface area contributed by atoms with Crippen molar-refractivity contribution < 1.29 is 0 Å². The number of fused-ring (bicyclic) bond motifs is 1. The maximum atomic E-state index is 4.43. The summed E-state index contributed by atoms with van der Waals surface area (Å²) in [6, 6.07) is 8.92. The van der Waals surface area contributed by atoms with E-state index in [1.165, 1.54) is 18.4 Å². The summed E-state index contributed by atoms with van der Waals surface area (Å²) in [6.45, 7) is 2.23. The number of hydrogen-bond acceptors (Lipinski definition) is 2. The second kappa shape index (κ2) is 3.66. The molecule has 1 N–H and O–H groups in total.